The molecule has 1 unspecified atom stereocenters. The molecule has 0 saturated heterocycles. The molecule has 1 atom stereocenters. The minimum atomic E-state index is -0.765. The first kappa shape index (κ1) is 65.1. The zero-order chi connectivity index (χ0) is 48.6. The second kappa shape index (κ2) is 56.7. The van der Waals surface area contributed by atoms with Crippen molar-refractivity contribution in [3.63, 3.8) is 0 Å². The monoisotopic (exact) mass is 945 g/mol. The molecule has 0 aliphatic carbocycles. The quantitative estimate of drug-likeness (QED) is 0.0262. The Labute approximate surface area is 418 Å². The molecule has 396 valence electrons. The van der Waals surface area contributed by atoms with E-state index >= 15 is 0 Å². The summed E-state index contributed by atoms with van der Waals surface area (Å²) in [6.45, 7) is 6.70. The number of rotatable bonds is 56. The van der Waals surface area contributed by atoms with E-state index in [-0.39, 0.29) is 31.1 Å². The number of carbonyl (C=O) groups is 3. The highest BCUT2D eigenvalue weighted by atomic mass is 16.6. The summed E-state index contributed by atoms with van der Waals surface area (Å²) in [5.41, 5.74) is 0. The molecule has 0 bridgehead atoms. The van der Waals surface area contributed by atoms with Crippen molar-refractivity contribution in [3.05, 3.63) is 12.2 Å². The summed E-state index contributed by atoms with van der Waals surface area (Å²) in [5.74, 6) is -0.839. The van der Waals surface area contributed by atoms with Gasteiger partial charge in [0.25, 0.3) is 0 Å². The number of hydrogen-bond donors (Lipinski definition) is 0. The van der Waals surface area contributed by atoms with Crippen molar-refractivity contribution in [2.24, 2.45) is 0 Å². The number of ether oxygens (including phenoxy) is 3. The van der Waals surface area contributed by atoms with Crippen LogP contribution in [0.2, 0.25) is 0 Å². The first-order valence-corrected chi connectivity index (χ1v) is 30.2. The molecule has 67 heavy (non-hydrogen) atoms. The van der Waals surface area contributed by atoms with Crippen LogP contribution >= 0.6 is 0 Å². The Balaban J connectivity index is 4.29. The maximum atomic E-state index is 12.9. The van der Waals surface area contributed by atoms with Crippen molar-refractivity contribution in [1.82, 2.24) is 0 Å². The van der Waals surface area contributed by atoms with E-state index in [1.165, 1.54) is 244 Å². The normalized spacial score (nSPS) is 12.0. The topological polar surface area (TPSA) is 78.9 Å². The smallest absolute Gasteiger partial charge is 0.306 e. The Morgan fingerprint density at radius 3 is 0.746 bits per heavy atom. The third kappa shape index (κ3) is 55.0. The van der Waals surface area contributed by atoms with Crippen molar-refractivity contribution >= 4 is 17.9 Å². The molecule has 0 saturated carbocycles. The number of carbonyl (C=O) groups excluding carboxylic acids is 3. The number of hydrogen-bond acceptors (Lipinski definition) is 6. The molecule has 0 aliphatic rings. The van der Waals surface area contributed by atoms with Crippen LogP contribution in [0.25, 0.3) is 0 Å². The van der Waals surface area contributed by atoms with Crippen molar-refractivity contribution in [1.29, 1.82) is 0 Å². The zero-order valence-electron chi connectivity index (χ0n) is 45.5. The third-order valence-corrected chi connectivity index (χ3v) is 13.8. The molecule has 0 aromatic rings. The van der Waals surface area contributed by atoms with E-state index in [4.69, 9.17) is 14.2 Å². The van der Waals surface area contributed by atoms with E-state index in [0.717, 1.165) is 57.8 Å². The average Bonchev–Trinajstić information content (AvgIpc) is 3.33. The van der Waals surface area contributed by atoms with Crippen molar-refractivity contribution in [2.45, 2.75) is 348 Å². The van der Waals surface area contributed by atoms with Crippen LogP contribution in [0.4, 0.5) is 0 Å². The van der Waals surface area contributed by atoms with Gasteiger partial charge in [-0.1, -0.05) is 290 Å². The fraction of sp³-hybridized carbons (Fsp3) is 0.918. The van der Waals surface area contributed by atoms with Crippen molar-refractivity contribution in [3.8, 4) is 0 Å². The molecule has 0 aromatic carbocycles. The van der Waals surface area contributed by atoms with Gasteiger partial charge >= 0.3 is 17.9 Å². The van der Waals surface area contributed by atoms with Gasteiger partial charge in [-0.05, 0) is 44.9 Å². The van der Waals surface area contributed by atoms with Crippen LogP contribution < -0.4 is 0 Å². The predicted molar refractivity (Wildman–Crippen MR) is 289 cm³/mol. The fourth-order valence-corrected chi connectivity index (χ4v) is 9.21. The van der Waals surface area contributed by atoms with Crippen LogP contribution in [-0.4, -0.2) is 37.2 Å². The Bertz CT molecular complexity index is 1040. The second-order valence-corrected chi connectivity index (χ2v) is 20.6. The molecule has 0 aromatic heterocycles. The van der Waals surface area contributed by atoms with Gasteiger partial charge < -0.3 is 14.2 Å². The van der Waals surface area contributed by atoms with E-state index in [2.05, 4.69) is 32.9 Å². The molecule has 0 spiro atoms. The average molecular weight is 946 g/mol. The summed E-state index contributed by atoms with van der Waals surface area (Å²) in [6.07, 6.45) is 64.9. The van der Waals surface area contributed by atoms with E-state index in [9.17, 15) is 14.4 Å². The highest BCUT2D eigenvalue weighted by Gasteiger charge is 2.19. The van der Waals surface area contributed by atoms with Crippen LogP contribution in [0.15, 0.2) is 12.2 Å². The van der Waals surface area contributed by atoms with Crippen molar-refractivity contribution in [2.75, 3.05) is 13.2 Å². The fourth-order valence-electron chi connectivity index (χ4n) is 9.21. The molecule has 0 heterocycles. The van der Waals surface area contributed by atoms with Gasteiger partial charge in [0, 0.05) is 19.3 Å². The molecule has 0 fully saturated rings. The molecule has 0 aliphatic heterocycles. The van der Waals surface area contributed by atoms with Gasteiger partial charge in [-0.2, -0.15) is 0 Å². The van der Waals surface area contributed by atoms with Crippen molar-refractivity contribution < 1.29 is 28.6 Å². The summed E-state index contributed by atoms with van der Waals surface area (Å²) in [5, 5.41) is 0. The number of unbranched alkanes of at least 4 members (excludes halogenated alkanes) is 43. The summed E-state index contributed by atoms with van der Waals surface area (Å²) in [6, 6.07) is 0. The Morgan fingerprint density at radius 2 is 0.493 bits per heavy atom. The molecule has 6 heteroatoms. The molecule has 0 radical (unpaired) electrons. The Kier molecular flexibility index (Phi) is 55.2. The molecule has 6 nitrogen and oxygen atoms in total. The van der Waals surface area contributed by atoms with Crippen LogP contribution in [0, 0.1) is 0 Å². The van der Waals surface area contributed by atoms with Gasteiger partial charge in [-0.15, -0.1) is 0 Å². The maximum Gasteiger partial charge on any atom is 0.306 e. The van der Waals surface area contributed by atoms with Crippen LogP contribution in [0.3, 0.4) is 0 Å². The molecule has 0 N–H and O–H groups in total. The lowest BCUT2D eigenvalue weighted by Gasteiger charge is -2.18. The van der Waals surface area contributed by atoms with Gasteiger partial charge in [0.1, 0.15) is 13.2 Å². The Hall–Kier alpha value is -1.85. The lowest BCUT2D eigenvalue weighted by molar-refractivity contribution is -0.167. The van der Waals surface area contributed by atoms with Gasteiger partial charge in [0.15, 0.2) is 6.10 Å². The molecular weight excluding hydrogens is 829 g/mol. The number of allylic oxidation sites excluding steroid dienone is 2. The van der Waals surface area contributed by atoms with Crippen LogP contribution in [0.5, 0.6) is 0 Å². The van der Waals surface area contributed by atoms with Crippen LogP contribution in [0.1, 0.15) is 342 Å². The molecule has 0 rings (SSSR count). The highest BCUT2D eigenvalue weighted by molar-refractivity contribution is 5.71. The lowest BCUT2D eigenvalue weighted by atomic mass is 10.0. The number of esters is 3. The summed E-state index contributed by atoms with van der Waals surface area (Å²) in [4.78, 5) is 38.2. The SMILES string of the molecule is CCCCCCCC/C=C\CCCCCCCCCCCC(=O)OCC(COC(=O)CCCCCCCCCCCCCCCC)OC(=O)CCCCCCCCCCCCCCCCCC. The molecule has 0 amide bonds. The largest absolute Gasteiger partial charge is 0.462 e. The lowest BCUT2D eigenvalue weighted by Crippen LogP contribution is -2.30. The standard InChI is InChI=1S/C61H116O6/c1-4-7-10-13-16-19-22-25-28-30-31-32-34-36-39-42-45-48-51-54-60(63)66-57-58(56-65-59(62)53-50-47-44-41-38-35-27-24-21-18-15-12-9-6-3)67-61(64)55-52-49-46-43-40-37-33-29-26-23-20-17-14-11-8-5-2/h25,28,58H,4-24,26-27,29-57H2,1-3H3/b28-25-. The predicted octanol–water partition coefficient (Wildman–Crippen LogP) is 20.1. The van der Waals surface area contributed by atoms with Crippen LogP contribution in [-0.2, 0) is 28.6 Å². The summed E-state index contributed by atoms with van der Waals surface area (Å²) >= 11 is 0. The van der Waals surface area contributed by atoms with E-state index in [1.54, 1.807) is 0 Å². The summed E-state index contributed by atoms with van der Waals surface area (Å²) in [7, 11) is 0. The second-order valence-electron chi connectivity index (χ2n) is 20.6. The van der Waals surface area contributed by atoms with E-state index < -0.39 is 6.10 Å². The van der Waals surface area contributed by atoms with Gasteiger partial charge in [-0.25, -0.2) is 0 Å². The minimum absolute atomic E-state index is 0.0641. The third-order valence-electron chi connectivity index (χ3n) is 13.8. The van der Waals surface area contributed by atoms with E-state index in [1.807, 2.05) is 0 Å². The highest BCUT2D eigenvalue weighted by Crippen LogP contribution is 2.17. The van der Waals surface area contributed by atoms with Gasteiger partial charge in [0.05, 0.1) is 0 Å². The van der Waals surface area contributed by atoms with Gasteiger partial charge in [-0.3, -0.25) is 14.4 Å². The minimum Gasteiger partial charge on any atom is -0.462 e. The maximum absolute atomic E-state index is 12.9. The summed E-state index contributed by atoms with van der Waals surface area (Å²) < 4.78 is 16.9. The zero-order valence-corrected chi connectivity index (χ0v) is 45.5. The first-order valence-electron chi connectivity index (χ1n) is 30.2. The molecular formula is C61H116O6. The van der Waals surface area contributed by atoms with Gasteiger partial charge in [0.2, 0.25) is 0 Å². The van der Waals surface area contributed by atoms with E-state index in [0.29, 0.717) is 19.3 Å². The first-order chi connectivity index (χ1) is 33.0. The Morgan fingerprint density at radius 1 is 0.284 bits per heavy atom.